The summed E-state index contributed by atoms with van der Waals surface area (Å²) < 4.78 is 6.98. The molecule has 3 heterocycles. The van der Waals surface area contributed by atoms with Crippen LogP contribution in [0.2, 0.25) is 0 Å². The first-order chi connectivity index (χ1) is 12.0. The molecule has 25 heavy (non-hydrogen) atoms. The predicted molar refractivity (Wildman–Crippen MR) is 93.8 cm³/mol. The number of hydrogen-bond donors (Lipinski definition) is 0. The Morgan fingerprint density at radius 3 is 2.40 bits per heavy atom. The topological polar surface area (TPSA) is 76.4 Å². The van der Waals surface area contributed by atoms with Crippen LogP contribution in [-0.2, 0) is 11.3 Å². The Labute approximate surface area is 147 Å². The number of methoxy groups -OCH3 is 1. The number of carbonyl (C=O) groups excluding carboxylic acids is 1. The molecule has 0 spiro atoms. The Balaban J connectivity index is 1.61. The molecule has 1 aliphatic rings. The van der Waals surface area contributed by atoms with Crippen LogP contribution in [0.5, 0.6) is 5.88 Å². The zero-order valence-corrected chi connectivity index (χ0v) is 15.2. The molecule has 0 atom stereocenters. The van der Waals surface area contributed by atoms with Crippen LogP contribution in [0.4, 0.5) is 5.95 Å². The minimum atomic E-state index is 0.0913. The molecule has 0 bridgehead atoms. The molecule has 8 heteroatoms. The summed E-state index contributed by atoms with van der Waals surface area (Å²) in [5.41, 5.74) is 2.80. The molecule has 1 fully saturated rings. The van der Waals surface area contributed by atoms with E-state index >= 15 is 0 Å². The second kappa shape index (κ2) is 7.08. The lowest BCUT2D eigenvalue weighted by atomic mass is 10.3. The SMILES string of the molecule is COc1cc(C)nc(N2CCN(C(=O)Cn3nc(C)cc3C)CC2)n1. The van der Waals surface area contributed by atoms with Gasteiger partial charge in [-0.15, -0.1) is 0 Å². The molecule has 3 rings (SSSR count). The van der Waals surface area contributed by atoms with E-state index < -0.39 is 0 Å². The normalized spacial score (nSPS) is 14.7. The van der Waals surface area contributed by atoms with Crippen LogP contribution in [0.1, 0.15) is 17.1 Å². The molecule has 1 saturated heterocycles. The highest BCUT2D eigenvalue weighted by molar-refractivity contribution is 5.76. The molecular weight excluding hydrogens is 320 g/mol. The molecule has 8 nitrogen and oxygen atoms in total. The maximum Gasteiger partial charge on any atom is 0.244 e. The van der Waals surface area contributed by atoms with Crippen molar-refractivity contribution in [3.8, 4) is 5.88 Å². The average Bonchev–Trinajstić information content (AvgIpc) is 2.91. The molecule has 0 unspecified atom stereocenters. The van der Waals surface area contributed by atoms with E-state index in [-0.39, 0.29) is 12.5 Å². The predicted octanol–water partition coefficient (Wildman–Crippen LogP) is 0.956. The smallest absolute Gasteiger partial charge is 0.244 e. The van der Waals surface area contributed by atoms with Crippen molar-refractivity contribution in [2.75, 3.05) is 38.2 Å². The number of carbonyl (C=O) groups is 1. The number of rotatable bonds is 4. The van der Waals surface area contributed by atoms with Gasteiger partial charge in [0.05, 0.1) is 12.8 Å². The average molecular weight is 344 g/mol. The molecular formula is C17H24N6O2. The van der Waals surface area contributed by atoms with Crippen molar-refractivity contribution in [2.45, 2.75) is 27.3 Å². The molecule has 0 saturated carbocycles. The monoisotopic (exact) mass is 344 g/mol. The number of piperazine rings is 1. The lowest BCUT2D eigenvalue weighted by molar-refractivity contribution is -0.132. The first-order valence-corrected chi connectivity index (χ1v) is 8.39. The van der Waals surface area contributed by atoms with Gasteiger partial charge in [-0.3, -0.25) is 9.48 Å². The first-order valence-electron chi connectivity index (χ1n) is 8.39. The van der Waals surface area contributed by atoms with Gasteiger partial charge < -0.3 is 14.5 Å². The second-order valence-electron chi connectivity index (χ2n) is 6.30. The Morgan fingerprint density at radius 2 is 1.80 bits per heavy atom. The molecule has 0 radical (unpaired) electrons. The largest absolute Gasteiger partial charge is 0.481 e. The van der Waals surface area contributed by atoms with Crippen molar-refractivity contribution in [3.05, 3.63) is 29.2 Å². The van der Waals surface area contributed by atoms with Crippen molar-refractivity contribution < 1.29 is 9.53 Å². The molecule has 0 aliphatic carbocycles. The minimum absolute atomic E-state index is 0.0913. The Morgan fingerprint density at radius 1 is 1.08 bits per heavy atom. The maximum atomic E-state index is 12.5. The number of hydrogen-bond acceptors (Lipinski definition) is 6. The van der Waals surface area contributed by atoms with Crippen molar-refractivity contribution >= 4 is 11.9 Å². The highest BCUT2D eigenvalue weighted by Crippen LogP contribution is 2.17. The quantitative estimate of drug-likeness (QED) is 0.822. The molecule has 2 aromatic rings. The molecule has 2 aromatic heterocycles. The van der Waals surface area contributed by atoms with E-state index in [0.29, 0.717) is 38.0 Å². The number of ether oxygens (including phenoxy) is 1. The highest BCUT2D eigenvalue weighted by atomic mass is 16.5. The van der Waals surface area contributed by atoms with Gasteiger partial charge in [-0.05, 0) is 26.8 Å². The van der Waals surface area contributed by atoms with Crippen LogP contribution in [0, 0.1) is 20.8 Å². The van der Waals surface area contributed by atoms with Gasteiger partial charge in [0.25, 0.3) is 0 Å². The molecule has 0 aromatic carbocycles. The summed E-state index contributed by atoms with van der Waals surface area (Å²) >= 11 is 0. The van der Waals surface area contributed by atoms with Gasteiger partial charge in [0.2, 0.25) is 17.7 Å². The third-order valence-corrected chi connectivity index (χ3v) is 4.33. The fourth-order valence-electron chi connectivity index (χ4n) is 2.99. The van der Waals surface area contributed by atoms with Crippen LogP contribution < -0.4 is 9.64 Å². The van der Waals surface area contributed by atoms with Gasteiger partial charge in [0.15, 0.2) is 0 Å². The van der Waals surface area contributed by atoms with E-state index in [1.807, 2.05) is 31.7 Å². The maximum absolute atomic E-state index is 12.5. The minimum Gasteiger partial charge on any atom is -0.481 e. The summed E-state index contributed by atoms with van der Waals surface area (Å²) in [5.74, 6) is 1.31. The number of aryl methyl sites for hydroxylation is 3. The standard InChI is InChI=1S/C17H24N6O2/c1-12-10-15(25-4)19-17(18-12)22-7-5-21(6-8-22)16(24)11-23-14(3)9-13(2)20-23/h9-10H,5-8,11H2,1-4H3. The van der Waals surface area contributed by atoms with Crippen molar-refractivity contribution in [1.82, 2.24) is 24.6 Å². The summed E-state index contributed by atoms with van der Waals surface area (Å²) in [5, 5.41) is 4.36. The Hall–Kier alpha value is -2.64. The van der Waals surface area contributed by atoms with Crippen molar-refractivity contribution in [3.63, 3.8) is 0 Å². The van der Waals surface area contributed by atoms with Crippen LogP contribution >= 0.6 is 0 Å². The Kier molecular flexibility index (Phi) is 4.87. The third-order valence-electron chi connectivity index (χ3n) is 4.33. The van der Waals surface area contributed by atoms with Crippen LogP contribution in [0.15, 0.2) is 12.1 Å². The Bertz CT molecular complexity index is 764. The number of amides is 1. The number of aromatic nitrogens is 4. The van der Waals surface area contributed by atoms with E-state index in [0.717, 1.165) is 17.1 Å². The van der Waals surface area contributed by atoms with E-state index in [2.05, 4.69) is 20.0 Å². The van der Waals surface area contributed by atoms with E-state index in [1.54, 1.807) is 17.9 Å². The van der Waals surface area contributed by atoms with Gasteiger partial charge in [-0.25, -0.2) is 4.98 Å². The lowest BCUT2D eigenvalue weighted by Crippen LogP contribution is -2.50. The number of anilines is 1. The van der Waals surface area contributed by atoms with Gasteiger partial charge in [0, 0.05) is 43.6 Å². The van der Waals surface area contributed by atoms with Crippen LogP contribution in [0.25, 0.3) is 0 Å². The first kappa shape index (κ1) is 17.2. The van der Waals surface area contributed by atoms with E-state index in [4.69, 9.17) is 4.74 Å². The van der Waals surface area contributed by atoms with E-state index in [9.17, 15) is 4.79 Å². The summed E-state index contributed by atoms with van der Waals surface area (Å²) in [6.45, 7) is 8.81. The van der Waals surface area contributed by atoms with Crippen LogP contribution in [0.3, 0.4) is 0 Å². The second-order valence-corrected chi connectivity index (χ2v) is 6.30. The van der Waals surface area contributed by atoms with Crippen LogP contribution in [-0.4, -0.2) is 63.8 Å². The van der Waals surface area contributed by atoms with Gasteiger partial charge in [0.1, 0.15) is 6.54 Å². The highest BCUT2D eigenvalue weighted by Gasteiger charge is 2.23. The van der Waals surface area contributed by atoms with Crippen molar-refractivity contribution in [2.24, 2.45) is 0 Å². The number of nitrogens with zero attached hydrogens (tertiary/aromatic N) is 6. The summed E-state index contributed by atoms with van der Waals surface area (Å²) in [6.07, 6.45) is 0. The molecule has 134 valence electrons. The third kappa shape index (κ3) is 3.89. The van der Waals surface area contributed by atoms with E-state index in [1.165, 1.54) is 0 Å². The van der Waals surface area contributed by atoms with Gasteiger partial charge in [-0.2, -0.15) is 10.1 Å². The zero-order chi connectivity index (χ0) is 18.0. The van der Waals surface area contributed by atoms with Gasteiger partial charge in [-0.1, -0.05) is 0 Å². The fourth-order valence-corrected chi connectivity index (χ4v) is 2.99. The fraction of sp³-hybridized carbons (Fsp3) is 0.529. The molecule has 1 aliphatic heterocycles. The summed E-state index contributed by atoms with van der Waals surface area (Å²) in [6, 6.07) is 3.78. The summed E-state index contributed by atoms with van der Waals surface area (Å²) in [4.78, 5) is 25.4. The summed E-state index contributed by atoms with van der Waals surface area (Å²) in [7, 11) is 1.60. The van der Waals surface area contributed by atoms with Crippen molar-refractivity contribution in [1.29, 1.82) is 0 Å². The van der Waals surface area contributed by atoms with Gasteiger partial charge >= 0.3 is 0 Å². The zero-order valence-electron chi connectivity index (χ0n) is 15.2. The lowest BCUT2D eigenvalue weighted by Gasteiger charge is -2.35. The molecule has 1 amide bonds. The molecule has 0 N–H and O–H groups in total.